The predicted molar refractivity (Wildman–Crippen MR) is 60.2 cm³/mol. The van der Waals surface area contributed by atoms with Crippen LogP contribution in [-0.2, 0) is 0 Å². The van der Waals surface area contributed by atoms with E-state index in [4.69, 9.17) is 5.73 Å². The van der Waals surface area contributed by atoms with Gasteiger partial charge in [-0.15, -0.1) is 0 Å². The SMILES string of the molecule is CC1(C)CCN(C2CCC(CN)C2)C1. The lowest BCUT2D eigenvalue weighted by Gasteiger charge is -2.25. The zero-order valence-electron chi connectivity index (χ0n) is 9.63. The van der Waals surface area contributed by atoms with Gasteiger partial charge in [0.05, 0.1) is 0 Å². The highest BCUT2D eigenvalue weighted by atomic mass is 15.2. The topological polar surface area (TPSA) is 29.3 Å². The van der Waals surface area contributed by atoms with Crippen LogP contribution in [0.1, 0.15) is 39.5 Å². The molecule has 0 radical (unpaired) electrons. The first-order valence-corrected chi connectivity index (χ1v) is 6.05. The van der Waals surface area contributed by atoms with Gasteiger partial charge in [0.15, 0.2) is 0 Å². The molecule has 2 aliphatic rings. The Bertz CT molecular complexity index is 200. The minimum absolute atomic E-state index is 0.556. The van der Waals surface area contributed by atoms with Gasteiger partial charge in [-0.05, 0) is 50.1 Å². The summed E-state index contributed by atoms with van der Waals surface area (Å²) < 4.78 is 0. The van der Waals surface area contributed by atoms with Gasteiger partial charge in [0, 0.05) is 12.6 Å². The molecule has 14 heavy (non-hydrogen) atoms. The fourth-order valence-corrected chi connectivity index (χ4v) is 3.06. The Morgan fingerprint density at radius 2 is 2.14 bits per heavy atom. The summed E-state index contributed by atoms with van der Waals surface area (Å²) in [5.41, 5.74) is 6.29. The number of nitrogens with two attached hydrogens (primary N) is 1. The molecule has 1 aliphatic heterocycles. The first-order valence-electron chi connectivity index (χ1n) is 6.05. The molecule has 0 spiro atoms. The summed E-state index contributed by atoms with van der Waals surface area (Å²) in [5.74, 6) is 0.809. The Kier molecular flexibility index (Phi) is 2.85. The number of likely N-dealkylation sites (tertiary alicyclic amines) is 1. The third-order valence-electron chi connectivity index (χ3n) is 4.07. The van der Waals surface area contributed by atoms with Crippen molar-refractivity contribution in [1.29, 1.82) is 0 Å². The Morgan fingerprint density at radius 1 is 1.36 bits per heavy atom. The first-order chi connectivity index (χ1) is 6.61. The maximum absolute atomic E-state index is 5.73. The lowest BCUT2D eigenvalue weighted by molar-refractivity contribution is 0.216. The molecule has 2 fully saturated rings. The van der Waals surface area contributed by atoms with E-state index in [1.165, 1.54) is 38.8 Å². The average Bonchev–Trinajstić information content (AvgIpc) is 2.70. The summed E-state index contributed by atoms with van der Waals surface area (Å²) >= 11 is 0. The highest BCUT2D eigenvalue weighted by Crippen LogP contribution is 2.36. The van der Waals surface area contributed by atoms with Crippen molar-refractivity contribution in [1.82, 2.24) is 4.90 Å². The summed E-state index contributed by atoms with van der Waals surface area (Å²) in [6.45, 7) is 8.29. The molecule has 2 N–H and O–H groups in total. The molecule has 2 unspecified atom stereocenters. The minimum Gasteiger partial charge on any atom is -0.330 e. The molecule has 0 bridgehead atoms. The van der Waals surface area contributed by atoms with Crippen LogP contribution >= 0.6 is 0 Å². The number of nitrogens with zero attached hydrogens (tertiary/aromatic N) is 1. The highest BCUT2D eigenvalue weighted by Gasteiger charge is 2.36. The van der Waals surface area contributed by atoms with Crippen LogP contribution in [0.3, 0.4) is 0 Å². The Hall–Kier alpha value is -0.0800. The van der Waals surface area contributed by atoms with Crippen molar-refractivity contribution in [2.24, 2.45) is 17.1 Å². The van der Waals surface area contributed by atoms with Gasteiger partial charge in [0.2, 0.25) is 0 Å². The van der Waals surface area contributed by atoms with Gasteiger partial charge in [0.25, 0.3) is 0 Å². The van der Waals surface area contributed by atoms with E-state index in [0.717, 1.165) is 18.5 Å². The van der Waals surface area contributed by atoms with Gasteiger partial charge in [0.1, 0.15) is 0 Å². The molecule has 0 aromatic heterocycles. The molecule has 2 rings (SSSR count). The van der Waals surface area contributed by atoms with E-state index in [1.807, 2.05) is 0 Å². The van der Waals surface area contributed by atoms with Crippen molar-refractivity contribution in [2.45, 2.75) is 45.6 Å². The second-order valence-electron chi connectivity index (χ2n) is 5.95. The van der Waals surface area contributed by atoms with Crippen molar-refractivity contribution < 1.29 is 0 Å². The minimum atomic E-state index is 0.556. The zero-order valence-corrected chi connectivity index (χ0v) is 9.63. The first kappa shape index (κ1) is 10.4. The molecular weight excluding hydrogens is 172 g/mol. The van der Waals surface area contributed by atoms with E-state index in [-0.39, 0.29) is 0 Å². The Balaban J connectivity index is 1.86. The number of hydrogen-bond donors (Lipinski definition) is 1. The van der Waals surface area contributed by atoms with Crippen LogP contribution in [0.15, 0.2) is 0 Å². The largest absolute Gasteiger partial charge is 0.330 e. The second kappa shape index (κ2) is 3.82. The van der Waals surface area contributed by atoms with Crippen LogP contribution in [-0.4, -0.2) is 30.6 Å². The molecule has 2 atom stereocenters. The molecule has 1 saturated heterocycles. The van der Waals surface area contributed by atoms with E-state index in [1.54, 1.807) is 0 Å². The van der Waals surface area contributed by atoms with Gasteiger partial charge in [-0.25, -0.2) is 0 Å². The van der Waals surface area contributed by atoms with Gasteiger partial charge >= 0.3 is 0 Å². The van der Waals surface area contributed by atoms with Crippen LogP contribution in [0.2, 0.25) is 0 Å². The van der Waals surface area contributed by atoms with Gasteiger partial charge in [-0.2, -0.15) is 0 Å². The normalized spacial score (nSPS) is 37.9. The Labute approximate surface area is 87.8 Å². The van der Waals surface area contributed by atoms with E-state index in [9.17, 15) is 0 Å². The van der Waals surface area contributed by atoms with Crippen LogP contribution in [0.25, 0.3) is 0 Å². The zero-order chi connectivity index (χ0) is 10.2. The van der Waals surface area contributed by atoms with Crippen LogP contribution in [0.5, 0.6) is 0 Å². The van der Waals surface area contributed by atoms with Crippen molar-refractivity contribution in [2.75, 3.05) is 19.6 Å². The molecule has 0 amide bonds. The van der Waals surface area contributed by atoms with Crippen molar-refractivity contribution >= 4 is 0 Å². The molecule has 2 heteroatoms. The monoisotopic (exact) mass is 196 g/mol. The molecule has 0 aromatic rings. The third kappa shape index (κ3) is 2.12. The van der Waals surface area contributed by atoms with Crippen molar-refractivity contribution in [3.63, 3.8) is 0 Å². The molecule has 1 heterocycles. The Morgan fingerprint density at radius 3 is 2.64 bits per heavy atom. The van der Waals surface area contributed by atoms with Gasteiger partial charge < -0.3 is 5.73 Å². The van der Waals surface area contributed by atoms with Gasteiger partial charge in [-0.1, -0.05) is 13.8 Å². The quantitative estimate of drug-likeness (QED) is 0.730. The van der Waals surface area contributed by atoms with Gasteiger partial charge in [-0.3, -0.25) is 4.90 Å². The lowest BCUT2D eigenvalue weighted by Crippen LogP contribution is -2.33. The maximum atomic E-state index is 5.73. The second-order valence-corrected chi connectivity index (χ2v) is 5.95. The van der Waals surface area contributed by atoms with E-state index in [2.05, 4.69) is 18.7 Å². The third-order valence-corrected chi connectivity index (χ3v) is 4.07. The highest BCUT2D eigenvalue weighted by molar-refractivity contribution is 4.90. The average molecular weight is 196 g/mol. The summed E-state index contributed by atoms with van der Waals surface area (Å²) in [6, 6.07) is 0.852. The maximum Gasteiger partial charge on any atom is 0.00987 e. The number of hydrogen-bond acceptors (Lipinski definition) is 2. The van der Waals surface area contributed by atoms with Crippen LogP contribution < -0.4 is 5.73 Å². The predicted octanol–water partition coefficient (Wildman–Crippen LogP) is 1.85. The molecular formula is C12H24N2. The van der Waals surface area contributed by atoms with E-state index < -0.39 is 0 Å². The van der Waals surface area contributed by atoms with E-state index >= 15 is 0 Å². The standard InChI is InChI=1S/C12H24N2/c1-12(2)5-6-14(9-12)11-4-3-10(7-11)8-13/h10-11H,3-9,13H2,1-2H3. The fourth-order valence-electron chi connectivity index (χ4n) is 3.06. The van der Waals surface area contributed by atoms with Crippen molar-refractivity contribution in [3.05, 3.63) is 0 Å². The summed E-state index contributed by atoms with van der Waals surface area (Å²) in [5, 5.41) is 0. The summed E-state index contributed by atoms with van der Waals surface area (Å²) in [6.07, 6.45) is 5.47. The molecule has 0 aromatic carbocycles. The fraction of sp³-hybridized carbons (Fsp3) is 1.00. The summed E-state index contributed by atoms with van der Waals surface area (Å²) in [7, 11) is 0. The van der Waals surface area contributed by atoms with Crippen LogP contribution in [0.4, 0.5) is 0 Å². The molecule has 1 saturated carbocycles. The summed E-state index contributed by atoms with van der Waals surface area (Å²) in [4.78, 5) is 2.70. The van der Waals surface area contributed by atoms with Crippen LogP contribution in [0, 0.1) is 11.3 Å². The smallest absolute Gasteiger partial charge is 0.00987 e. The molecule has 82 valence electrons. The van der Waals surface area contributed by atoms with E-state index in [0.29, 0.717) is 5.41 Å². The molecule has 1 aliphatic carbocycles. The van der Waals surface area contributed by atoms with Crippen molar-refractivity contribution in [3.8, 4) is 0 Å². The number of rotatable bonds is 2. The molecule has 2 nitrogen and oxygen atoms in total. The lowest BCUT2D eigenvalue weighted by atomic mass is 9.93.